The predicted octanol–water partition coefficient (Wildman–Crippen LogP) is 4.70. The third-order valence-electron chi connectivity index (χ3n) is 3.83. The Hall–Kier alpha value is -2.51. The van der Waals surface area contributed by atoms with E-state index in [1.54, 1.807) is 50.6 Å². The van der Waals surface area contributed by atoms with Gasteiger partial charge in [-0.25, -0.2) is 0 Å². The van der Waals surface area contributed by atoms with E-state index in [4.69, 9.17) is 25.6 Å². The third-order valence-corrected chi connectivity index (χ3v) is 4.65. The van der Waals surface area contributed by atoms with Gasteiger partial charge >= 0.3 is 0 Å². The first-order chi connectivity index (χ1) is 13.0. The number of benzene rings is 2. The SMILES string of the molecule is COc1ccc(-c2cc(CNC(=O)c3cc(Br)ccc3Cl)no2)cc1OC. The number of carbonyl (C=O) groups excluding carboxylic acids is 1. The van der Waals surface area contributed by atoms with Crippen molar-refractivity contribution in [3.8, 4) is 22.8 Å². The van der Waals surface area contributed by atoms with E-state index >= 15 is 0 Å². The molecule has 0 aliphatic carbocycles. The Kier molecular flexibility index (Phi) is 6.03. The summed E-state index contributed by atoms with van der Waals surface area (Å²) in [5.41, 5.74) is 1.75. The highest BCUT2D eigenvalue weighted by molar-refractivity contribution is 9.10. The van der Waals surface area contributed by atoms with Crippen molar-refractivity contribution in [2.45, 2.75) is 6.54 Å². The van der Waals surface area contributed by atoms with Crippen molar-refractivity contribution in [3.05, 3.63) is 63.2 Å². The van der Waals surface area contributed by atoms with Crippen LogP contribution in [-0.4, -0.2) is 25.3 Å². The van der Waals surface area contributed by atoms with Crippen molar-refractivity contribution >= 4 is 33.4 Å². The molecule has 0 aliphatic rings. The van der Waals surface area contributed by atoms with Gasteiger partial charge in [0.15, 0.2) is 17.3 Å². The maximum atomic E-state index is 12.3. The van der Waals surface area contributed by atoms with Gasteiger partial charge in [0.25, 0.3) is 5.91 Å². The van der Waals surface area contributed by atoms with Crippen LogP contribution >= 0.6 is 27.5 Å². The molecule has 0 radical (unpaired) electrons. The first-order valence-electron chi connectivity index (χ1n) is 7.93. The van der Waals surface area contributed by atoms with Gasteiger partial charge in [0.2, 0.25) is 0 Å². The number of carbonyl (C=O) groups is 1. The first kappa shape index (κ1) is 19.3. The number of rotatable bonds is 6. The number of hydrogen-bond acceptors (Lipinski definition) is 5. The van der Waals surface area contributed by atoms with Crippen molar-refractivity contribution in [1.82, 2.24) is 10.5 Å². The van der Waals surface area contributed by atoms with E-state index in [9.17, 15) is 4.79 Å². The molecule has 0 bridgehead atoms. The minimum atomic E-state index is -0.294. The zero-order chi connectivity index (χ0) is 19.4. The lowest BCUT2D eigenvalue weighted by Crippen LogP contribution is -2.23. The lowest BCUT2D eigenvalue weighted by atomic mass is 10.1. The molecule has 6 nitrogen and oxygen atoms in total. The normalized spacial score (nSPS) is 10.5. The van der Waals surface area contributed by atoms with Gasteiger partial charge in [-0.2, -0.15) is 0 Å². The van der Waals surface area contributed by atoms with E-state index in [0.29, 0.717) is 33.5 Å². The van der Waals surface area contributed by atoms with Crippen molar-refractivity contribution in [1.29, 1.82) is 0 Å². The Balaban J connectivity index is 1.71. The van der Waals surface area contributed by atoms with Crippen molar-refractivity contribution in [2.24, 2.45) is 0 Å². The van der Waals surface area contributed by atoms with Gasteiger partial charge < -0.3 is 19.3 Å². The minimum absolute atomic E-state index is 0.207. The molecule has 1 N–H and O–H groups in total. The number of amides is 1. The van der Waals surface area contributed by atoms with Crippen molar-refractivity contribution < 1.29 is 18.8 Å². The van der Waals surface area contributed by atoms with E-state index in [1.165, 1.54) is 0 Å². The Bertz CT molecular complexity index is 974. The summed E-state index contributed by atoms with van der Waals surface area (Å²) < 4.78 is 16.7. The van der Waals surface area contributed by atoms with E-state index in [2.05, 4.69) is 26.4 Å². The number of nitrogens with zero attached hydrogens (tertiary/aromatic N) is 1. The molecule has 1 amide bonds. The fraction of sp³-hybridized carbons (Fsp3) is 0.158. The van der Waals surface area contributed by atoms with Gasteiger partial charge in [-0.3, -0.25) is 4.79 Å². The summed E-state index contributed by atoms with van der Waals surface area (Å²) in [6.45, 7) is 0.207. The van der Waals surface area contributed by atoms with Gasteiger partial charge in [0, 0.05) is 16.1 Å². The Morgan fingerprint density at radius 2 is 1.93 bits per heavy atom. The Labute approximate surface area is 169 Å². The average Bonchev–Trinajstić information content (AvgIpc) is 3.16. The lowest BCUT2D eigenvalue weighted by Gasteiger charge is -2.07. The van der Waals surface area contributed by atoms with Crippen LogP contribution in [-0.2, 0) is 6.54 Å². The second-order valence-electron chi connectivity index (χ2n) is 5.56. The summed E-state index contributed by atoms with van der Waals surface area (Å²) >= 11 is 9.40. The van der Waals surface area contributed by atoms with Crippen LogP contribution in [0.15, 0.2) is 51.5 Å². The summed E-state index contributed by atoms with van der Waals surface area (Å²) in [4.78, 5) is 12.3. The third kappa shape index (κ3) is 4.43. The van der Waals surface area contributed by atoms with Crippen LogP contribution < -0.4 is 14.8 Å². The number of aromatic nitrogens is 1. The number of halogens is 2. The molecule has 0 aliphatic heterocycles. The molecule has 3 aromatic rings. The summed E-state index contributed by atoms with van der Waals surface area (Å²) in [5, 5.41) is 7.15. The second kappa shape index (κ2) is 8.45. The molecule has 0 spiro atoms. The topological polar surface area (TPSA) is 73.6 Å². The van der Waals surface area contributed by atoms with Gasteiger partial charge in [-0.15, -0.1) is 0 Å². The highest BCUT2D eigenvalue weighted by Gasteiger charge is 2.14. The highest BCUT2D eigenvalue weighted by atomic mass is 79.9. The first-order valence-corrected chi connectivity index (χ1v) is 9.10. The standard InChI is InChI=1S/C19H16BrClN2O4/c1-25-16-6-3-11(7-18(16)26-2)17-9-13(23-27-17)10-22-19(24)14-8-12(20)4-5-15(14)21/h3-9H,10H2,1-2H3,(H,22,24). The second-order valence-corrected chi connectivity index (χ2v) is 6.88. The highest BCUT2D eigenvalue weighted by Crippen LogP contribution is 2.32. The quantitative estimate of drug-likeness (QED) is 0.588. The molecule has 0 saturated carbocycles. The van der Waals surface area contributed by atoms with Crippen LogP contribution in [0.25, 0.3) is 11.3 Å². The molecule has 140 valence electrons. The molecule has 0 fully saturated rings. The molecule has 0 atom stereocenters. The van der Waals surface area contributed by atoms with E-state index in [0.717, 1.165) is 10.0 Å². The zero-order valence-electron chi connectivity index (χ0n) is 14.6. The summed E-state index contributed by atoms with van der Waals surface area (Å²) in [7, 11) is 3.14. The monoisotopic (exact) mass is 450 g/mol. The molecule has 2 aromatic carbocycles. The summed E-state index contributed by atoms with van der Waals surface area (Å²) in [5.74, 6) is 1.47. The largest absolute Gasteiger partial charge is 0.493 e. The lowest BCUT2D eigenvalue weighted by molar-refractivity contribution is 0.0950. The number of methoxy groups -OCH3 is 2. The maximum Gasteiger partial charge on any atom is 0.253 e. The smallest absolute Gasteiger partial charge is 0.253 e. The fourth-order valence-electron chi connectivity index (χ4n) is 2.46. The molecular weight excluding hydrogens is 436 g/mol. The molecular formula is C19H16BrClN2O4. The molecule has 0 unspecified atom stereocenters. The molecule has 27 heavy (non-hydrogen) atoms. The van der Waals surface area contributed by atoms with E-state index in [-0.39, 0.29) is 12.5 Å². The van der Waals surface area contributed by atoms with Gasteiger partial charge in [0.1, 0.15) is 5.69 Å². The molecule has 1 aromatic heterocycles. The van der Waals surface area contributed by atoms with Crippen LogP contribution in [0.3, 0.4) is 0 Å². The average molecular weight is 452 g/mol. The summed E-state index contributed by atoms with van der Waals surface area (Å²) in [6, 6.07) is 12.3. The van der Waals surface area contributed by atoms with Crippen LogP contribution in [0.4, 0.5) is 0 Å². The number of ether oxygens (including phenoxy) is 2. The van der Waals surface area contributed by atoms with E-state index in [1.807, 2.05) is 6.07 Å². The van der Waals surface area contributed by atoms with Crippen molar-refractivity contribution in [2.75, 3.05) is 14.2 Å². The Morgan fingerprint density at radius 3 is 2.67 bits per heavy atom. The van der Waals surface area contributed by atoms with Gasteiger partial charge in [-0.1, -0.05) is 32.7 Å². The number of nitrogens with one attached hydrogen (secondary N) is 1. The number of hydrogen-bond donors (Lipinski definition) is 1. The van der Waals surface area contributed by atoms with Crippen LogP contribution in [0.1, 0.15) is 16.1 Å². The molecule has 0 saturated heterocycles. The van der Waals surface area contributed by atoms with Crippen LogP contribution in [0.5, 0.6) is 11.5 Å². The van der Waals surface area contributed by atoms with Crippen molar-refractivity contribution in [3.63, 3.8) is 0 Å². The van der Waals surface area contributed by atoms with Crippen LogP contribution in [0, 0.1) is 0 Å². The Morgan fingerprint density at radius 1 is 1.15 bits per heavy atom. The molecule has 1 heterocycles. The molecule has 8 heteroatoms. The van der Waals surface area contributed by atoms with Gasteiger partial charge in [-0.05, 0) is 36.4 Å². The maximum absolute atomic E-state index is 12.3. The summed E-state index contributed by atoms with van der Waals surface area (Å²) in [6.07, 6.45) is 0. The van der Waals surface area contributed by atoms with Crippen LogP contribution in [0.2, 0.25) is 5.02 Å². The van der Waals surface area contributed by atoms with Gasteiger partial charge in [0.05, 0.1) is 31.4 Å². The zero-order valence-corrected chi connectivity index (χ0v) is 16.9. The van der Waals surface area contributed by atoms with E-state index < -0.39 is 0 Å². The fourth-order valence-corrected chi connectivity index (χ4v) is 3.02. The predicted molar refractivity (Wildman–Crippen MR) is 105 cm³/mol. The minimum Gasteiger partial charge on any atom is -0.493 e. The molecule has 3 rings (SSSR count).